The van der Waals surface area contributed by atoms with Crippen molar-refractivity contribution in [1.29, 1.82) is 0 Å². The predicted molar refractivity (Wildman–Crippen MR) is 95.2 cm³/mol. The highest BCUT2D eigenvalue weighted by Crippen LogP contribution is 2.29. The Balaban J connectivity index is 2.15. The van der Waals surface area contributed by atoms with Gasteiger partial charge in [-0.1, -0.05) is 39.7 Å². The van der Waals surface area contributed by atoms with Gasteiger partial charge in [-0.3, -0.25) is 0 Å². The molecule has 2 aromatic rings. The quantitative estimate of drug-likeness (QED) is 0.772. The van der Waals surface area contributed by atoms with Gasteiger partial charge in [-0.15, -0.1) is 0 Å². The number of H-pyrrole nitrogens is 1. The minimum absolute atomic E-state index is 0.756. The number of hydrogen-bond donors (Lipinski definition) is 1. The molecular weight excluding hydrogens is 272 g/mol. The van der Waals surface area contributed by atoms with Gasteiger partial charge in [0.25, 0.3) is 0 Å². The van der Waals surface area contributed by atoms with Gasteiger partial charge in [0, 0.05) is 25.4 Å². The smallest absolute Gasteiger partial charge is 0.143 e. The lowest BCUT2D eigenvalue weighted by Gasteiger charge is -2.21. The number of aromatic nitrogens is 3. The summed E-state index contributed by atoms with van der Waals surface area (Å²) < 4.78 is 0. The largest absolute Gasteiger partial charge is 0.359 e. The maximum Gasteiger partial charge on any atom is 0.143 e. The lowest BCUT2D eigenvalue weighted by molar-refractivity contribution is 0.473. The van der Waals surface area contributed by atoms with Crippen molar-refractivity contribution < 1.29 is 0 Å². The third-order valence-electron chi connectivity index (χ3n) is 4.28. The number of fused-ring (bicyclic) bond motifs is 1. The van der Waals surface area contributed by atoms with Crippen molar-refractivity contribution >= 4 is 22.4 Å². The lowest BCUT2D eigenvalue weighted by atomic mass is 10.0. The number of aromatic amines is 1. The van der Waals surface area contributed by atoms with E-state index in [1.54, 1.807) is 6.33 Å². The van der Waals surface area contributed by atoms with E-state index >= 15 is 0 Å². The van der Waals surface area contributed by atoms with Crippen LogP contribution < -0.4 is 4.90 Å². The van der Waals surface area contributed by atoms with Crippen LogP contribution in [0, 0.1) is 5.92 Å². The number of allylic oxidation sites excluding steroid dienone is 1. The zero-order valence-corrected chi connectivity index (χ0v) is 14.3. The van der Waals surface area contributed by atoms with E-state index in [9.17, 15) is 0 Å². The molecule has 0 aliphatic carbocycles. The Morgan fingerprint density at radius 3 is 2.82 bits per heavy atom. The maximum absolute atomic E-state index is 4.52. The topological polar surface area (TPSA) is 44.8 Å². The Kier molecular flexibility index (Phi) is 5.58. The van der Waals surface area contributed by atoms with E-state index in [1.807, 2.05) is 13.1 Å². The Hall–Kier alpha value is -1.84. The van der Waals surface area contributed by atoms with Crippen LogP contribution in [0.4, 0.5) is 5.82 Å². The van der Waals surface area contributed by atoms with Crippen LogP contribution in [0.5, 0.6) is 0 Å². The van der Waals surface area contributed by atoms with Gasteiger partial charge < -0.3 is 9.88 Å². The molecule has 2 aromatic heterocycles. The van der Waals surface area contributed by atoms with Crippen molar-refractivity contribution in [2.45, 2.75) is 46.5 Å². The normalized spacial score (nSPS) is 12.5. The van der Waals surface area contributed by atoms with Crippen molar-refractivity contribution in [2.75, 3.05) is 18.5 Å². The average molecular weight is 300 g/mol. The highest BCUT2D eigenvalue weighted by atomic mass is 15.2. The molecule has 2 heterocycles. The van der Waals surface area contributed by atoms with E-state index in [-0.39, 0.29) is 0 Å². The summed E-state index contributed by atoms with van der Waals surface area (Å²) in [5, 5.41) is 1.08. The SMILES string of the molecule is C=C(C)c1c[nH]c2ncnc(N(C)CCC(C)CCCC)c12. The number of nitrogens with one attached hydrogen (secondary N) is 1. The van der Waals surface area contributed by atoms with Crippen LogP contribution in [0.15, 0.2) is 19.1 Å². The summed E-state index contributed by atoms with van der Waals surface area (Å²) in [6, 6.07) is 0. The Labute approximate surface area is 133 Å². The molecule has 0 bridgehead atoms. The molecule has 22 heavy (non-hydrogen) atoms. The fourth-order valence-corrected chi connectivity index (χ4v) is 2.79. The molecule has 4 heteroatoms. The second-order valence-corrected chi connectivity index (χ2v) is 6.36. The summed E-state index contributed by atoms with van der Waals surface area (Å²) in [6.45, 7) is 11.7. The predicted octanol–water partition coefficient (Wildman–Crippen LogP) is 4.64. The van der Waals surface area contributed by atoms with E-state index in [0.29, 0.717) is 0 Å². The number of anilines is 1. The molecule has 0 aliphatic heterocycles. The number of nitrogens with zero attached hydrogens (tertiary/aromatic N) is 3. The van der Waals surface area contributed by atoms with Crippen molar-refractivity contribution in [3.8, 4) is 0 Å². The first-order valence-electron chi connectivity index (χ1n) is 8.23. The summed E-state index contributed by atoms with van der Waals surface area (Å²) in [5.74, 6) is 1.75. The van der Waals surface area contributed by atoms with Crippen LogP contribution in [0.1, 0.15) is 52.0 Å². The van der Waals surface area contributed by atoms with Crippen molar-refractivity contribution in [2.24, 2.45) is 5.92 Å². The second-order valence-electron chi connectivity index (χ2n) is 6.36. The summed E-state index contributed by atoms with van der Waals surface area (Å²) in [6.07, 6.45) is 8.70. The molecule has 0 fully saturated rings. The second kappa shape index (κ2) is 7.43. The van der Waals surface area contributed by atoms with Gasteiger partial charge >= 0.3 is 0 Å². The first-order chi connectivity index (χ1) is 10.5. The molecule has 1 atom stereocenters. The van der Waals surface area contributed by atoms with E-state index in [1.165, 1.54) is 25.7 Å². The molecule has 1 unspecified atom stereocenters. The maximum atomic E-state index is 4.52. The molecule has 0 spiro atoms. The van der Waals surface area contributed by atoms with E-state index in [0.717, 1.165) is 40.5 Å². The average Bonchev–Trinajstić information content (AvgIpc) is 2.94. The van der Waals surface area contributed by atoms with Gasteiger partial charge in [0.15, 0.2) is 0 Å². The molecule has 0 aromatic carbocycles. The molecule has 1 N–H and O–H groups in total. The van der Waals surface area contributed by atoms with Gasteiger partial charge in [0.1, 0.15) is 17.8 Å². The van der Waals surface area contributed by atoms with E-state index < -0.39 is 0 Å². The Bertz CT molecular complexity index is 629. The summed E-state index contributed by atoms with van der Waals surface area (Å²) in [4.78, 5) is 14.3. The van der Waals surface area contributed by atoms with Crippen LogP contribution in [-0.2, 0) is 0 Å². The highest BCUT2D eigenvalue weighted by Gasteiger charge is 2.15. The molecule has 0 radical (unpaired) electrons. The highest BCUT2D eigenvalue weighted by molar-refractivity contribution is 5.97. The lowest BCUT2D eigenvalue weighted by Crippen LogP contribution is -2.22. The minimum atomic E-state index is 0.756. The molecule has 120 valence electrons. The first kappa shape index (κ1) is 16.5. The van der Waals surface area contributed by atoms with Crippen LogP contribution in [0.2, 0.25) is 0 Å². The zero-order chi connectivity index (χ0) is 16.1. The number of unbranched alkanes of at least 4 members (excludes halogenated alkanes) is 1. The van der Waals surface area contributed by atoms with E-state index in [4.69, 9.17) is 0 Å². The van der Waals surface area contributed by atoms with Gasteiger partial charge in [-0.2, -0.15) is 0 Å². The zero-order valence-electron chi connectivity index (χ0n) is 14.3. The van der Waals surface area contributed by atoms with Crippen LogP contribution in [0.3, 0.4) is 0 Å². The number of rotatable bonds is 8. The van der Waals surface area contributed by atoms with Crippen molar-refractivity contribution in [1.82, 2.24) is 15.0 Å². The van der Waals surface area contributed by atoms with Gasteiger partial charge in [0.05, 0.1) is 5.39 Å². The van der Waals surface area contributed by atoms with Crippen molar-refractivity contribution in [3.63, 3.8) is 0 Å². The van der Waals surface area contributed by atoms with E-state index in [2.05, 4.69) is 47.3 Å². The third-order valence-corrected chi connectivity index (χ3v) is 4.28. The molecule has 0 aliphatic rings. The molecule has 4 nitrogen and oxygen atoms in total. The molecule has 0 saturated carbocycles. The monoisotopic (exact) mass is 300 g/mol. The van der Waals surface area contributed by atoms with Crippen LogP contribution in [-0.4, -0.2) is 28.5 Å². The van der Waals surface area contributed by atoms with Gasteiger partial charge in [-0.25, -0.2) is 9.97 Å². The summed E-state index contributed by atoms with van der Waals surface area (Å²) in [5.41, 5.74) is 3.03. The van der Waals surface area contributed by atoms with Gasteiger partial charge in [-0.05, 0) is 24.8 Å². The van der Waals surface area contributed by atoms with Crippen molar-refractivity contribution in [3.05, 3.63) is 24.7 Å². The molecule has 2 rings (SSSR count). The third kappa shape index (κ3) is 3.67. The van der Waals surface area contributed by atoms with Gasteiger partial charge in [0.2, 0.25) is 0 Å². The summed E-state index contributed by atoms with van der Waals surface area (Å²) >= 11 is 0. The van der Waals surface area contributed by atoms with Crippen LogP contribution >= 0.6 is 0 Å². The Morgan fingerprint density at radius 1 is 1.36 bits per heavy atom. The molecule has 0 amide bonds. The molecule has 0 saturated heterocycles. The molecular formula is C18H28N4. The minimum Gasteiger partial charge on any atom is -0.359 e. The van der Waals surface area contributed by atoms with Crippen LogP contribution in [0.25, 0.3) is 16.6 Å². The fraction of sp³-hybridized carbons (Fsp3) is 0.556. The first-order valence-corrected chi connectivity index (χ1v) is 8.23. The summed E-state index contributed by atoms with van der Waals surface area (Å²) in [7, 11) is 2.11. The Morgan fingerprint density at radius 2 is 2.14 bits per heavy atom. The number of hydrogen-bond acceptors (Lipinski definition) is 3. The standard InChI is InChI=1S/C18H28N4/c1-6-7-8-14(4)9-10-22(5)18-16-15(13(2)3)11-19-17(16)20-12-21-18/h11-12,14H,2,6-10H2,1,3-5H3,(H,19,20,21). The fourth-order valence-electron chi connectivity index (χ4n) is 2.79.